The van der Waals surface area contributed by atoms with Crippen molar-refractivity contribution >= 4 is 10.9 Å². The van der Waals surface area contributed by atoms with Crippen LogP contribution in [0.5, 0.6) is 0 Å². The third-order valence-electron chi connectivity index (χ3n) is 5.55. The number of aryl methyl sites for hydroxylation is 1. The number of hydrogen-bond acceptors (Lipinski definition) is 1. The molecule has 0 unspecified atom stereocenters. The number of H-pyrrole nitrogens is 1. The second-order valence-corrected chi connectivity index (χ2v) is 7.47. The van der Waals surface area contributed by atoms with Gasteiger partial charge in [-0.2, -0.15) is 0 Å². The molecule has 0 atom stereocenters. The van der Waals surface area contributed by atoms with E-state index in [1.54, 1.807) is 5.56 Å². The van der Waals surface area contributed by atoms with E-state index in [0.29, 0.717) is 0 Å². The zero-order chi connectivity index (χ0) is 16.5. The van der Waals surface area contributed by atoms with Gasteiger partial charge in [0.2, 0.25) is 0 Å². The molecule has 1 aliphatic carbocycles. The van der Waals surface area contributed by atoms with Gasteiger partial charge in [-0.1, -0.05) is 17.7 Å². The molecule has 1 aromatic carbocycles. The van der Waals surface area contributed by atoms with Crippen LogP contribution < -0.4 is 0 Å². The van der Waals surface area contributed by atoms with Crippen LogP contribution in [0.25, 0.3) is 10.9 Å². The van der Waals surface area contributed by atoms with E-state index >= 15 is 0 Å². The third kappa shape index (κ3) is 3.14. The molecule has 124 valence electrons. The van der Waals surface area contributed by atoms with E-state index in [-0.39, 0.29) is 0 Å². The SMILES string of the molecule is C#CCC1=CCN(Cc2c(CC3CC3)cc(C)c3[nH]ccc23)CC1. The highest BCUT2D eigenvalue weighted by Gasteiger charge is 2.24. The average Bonchev–Trinajstić information content (AvgIpc) is 3.25. The summed E-state index contributed by atoms with van der Waals surface area (Å²) in [7, 11) is 0. The van der Waals surface area contributed by atoms with Crippen molar-refractivity contribution in [3.63, 3.8) is 0 Å². The van der Waals surface area contributed by atoms with Crippen LogP contribution in [0.15, 0.2) is 30.0 Å². The largest absolute Gasteiger partial charge is 0.361 e. The number of aromatic amines is 1. The Kier molecular flexibility index (Phi) is 4.21. The van der Waals surface area contributed by atoms with Gasteiger partial charge in [-0.25, -0.2) is 0 Å². The second-order valence-electron chi connectivity index (χ2n) is 7.47. The van der Waals surface area contributed by atoms with E-state index < -0.39 is 0 Å². The molecule has 1 N–H and O–H groups in total. The normalized spacial score (nSPS) is 18.6. The van der Waals surface area contributed by atoms with Gasteiger partial charge in [0, 0.05) is 43.2 Å². The van der Waals surface area contributed by atoms with Crippen LogP contribution >= 0.6 is 0 Å². The zero-order valence-electron chi connectivity index (χ0n) is 14.6. The van der Waals surface area contributed by atoms with Crippen molar-refractivity contribution in [2.24, 2.45) is 5.92 Å². The number of aromatic nitrogens is 1. The number of fused-ring (bicyclic) bond motifs is 1. The molecular formula is C22H26N2. The second kappa shape index (κ2) is 6.49. The van der Waals surface area contributed by atoms with Gasteiger partial charge in [0.1, 0.15) is 0 Å². The summed E-state index contributed by atoms with van der Waals surface area (Å²) < 4.78 is 0. The number of benzene rings is 1. The summed E-state index contributed by atoms with van der Waals surface area (Å²) >= 11 is 0. The van der Waals surface area contributed by atoms with Crippen LogP contribution in [-0.2, 0) is 13.0 Å². The highest BCUT2D eigenvalue weighted by Crippen LogP contribution is 2.36. The highest BCUT2D eigenvalue weighted by atomic mass is 15.1. The van der Waals surface area contributed by atoms with Crippen molar-refractivity contribution in [2.45, 2.75) is 45.6 Å². The van der Waals surface area contributed by atoms with E-state index in [9.17, 15) is 0 Å². The molecule has 2 nitrogen and oxygen atoms in total. The van der Waals surface area contributed by atoms with Crippen LogP contribution in [0.2, 0.25) is 0 Å². The van der Waals surface area contributed by atoms with Crippen LogP contribution in [0.1, 0.15) is 42.4 Å². The van der Waals surface area contributed by atoms with Gasteiger partial charge >= 0.3 is 0 Å². The van der Waals surface area contributed by atoms with Gasteiger partial charge in [-0.15, -0.1) is 12.3 Å². The van der Waals surface area contributed by atoms with Crippen molar-refractivity contribution in [1.82, 2.24) is 9.88 Å². The lowest BCUT2D eigenvalue weighted by Crippen LogP contribution is -2.29. The first-order valence-corrected chi connectivity index (χ1v) is 9.16. The summed E-state index contributed by atoms with van der Waals surface area (Å²) in [5.74, 6) is 3.70. The van der Waals surface area contributed by atoms with Crippen molar-refractivity contribution in [3.05, 3.63) is 46.7 Å². The van der Waals surface area contributed by atoms with Crippen molar-refractivity contribution in [2.75, 3.05) is 13.1 Å². The van der Waals surface area contributed by atoms with E-state index in [1.165, 1.54) is 46.9 Å². The first-order chi connectivity index (χ1) is 11.7. The maximum absolute atomic E-state index is 5.45. The minimum absolute atomic E-state index is 0.813. The van der Waals surface area contributed by atoms with Crippen molar-refractivity contribution in [1.29, 1.82) is 0 Å². The number of nitrogens with one attached hydrogen (secondary N) is 1. The minimum Gasteiger partial charge on any atom is -0.361 e. The van der Waals surface area contributed by atoms with Gasteiger partial charge in [0.05, 0.1) is 0 Å². The lowest BCUT2D eigenvalue weighted by molar-refractivity contribution is 0.285. The molecule has 0 amide bonds. The van der Waals surface area contributed by atoms with E-state index in [1.807, 2.05) is 0 Å². The molecule has 1 aromatic heterocycles. The summed E-state index contributed by atoms with van der Waals surface area (Å²) in [6, 6.07) is 4.69. The first-order valence-electron chi connectivity index (χ1n) is 9.16. The predicted octanol–water partition coefficient (Wildman–Crippen LogP) is 4.58. The molecule has 4 rings (SSSR count). The van der Waals surface area contributed by atoms with E-state index in [4.69, 9.17) is 6.42 Å². The molecular weight excluding hydrogens is 292 g/mol. The highest BCUT2D eigenvalue weighted by molar-refractivity contribution is 5.87. The summed E-state index contributed by atoms with van der Waals surface area (Å²) in [6.45, 7) is 5.43. The summed E-state index contributed by atoms with van der Waals surface area (Å²) in [6.07, 6.45) is 15.9. The monoisotopic (exact) mass is 318 g/mol. The Hall–Kier alpha value is -1.98. The molecule has 1 fully saturated rings. The first kappa shape index (κ1) is 15.5. The lowest BCUT2D eigenvalue weighted by Gasteiger charge is -2.27. The summed E-state index contributed by atoms with van der Waals surface area (Å²) in [4.78, 5) is 6.00. The van der Waals surface area contributed by atoms with Crippen molar-refractivity contribution < 1.29 is 0 Å². The van der Waals surface area contributed by atoms with Crippen LogP contribution in [0.4, 0.5) is 0 Å². The maximum atomic E-state index is 5.45. The van der Waals surface area contributed by atoms with Gasteiger partial charge in [0.25, 0.3) is 0 Å². The standard InChI is InChI=1S/C22H26N2/c1-3-4-17-8-11-24(12-9-17)15-21-19(14-18-5-6-18)13-16(2)22-20(21)7-10-23-22/h1,7-8,10,13,18,23H,4-6,9,11-12,14-15H2,2H3. The molecule has 2 heteroatoms. The Labute approximate surface area is 144 Å². The molecule has 1 saturated carbocycles. The smallest absolute Gasteiger partial charge is 0.0487 e. The Morgan fingerprint density at radius 1 is 1.38 bits per heavy atom. The molecule has 24 heavy (non-hydrogen) atoms. The fourth-order valence-corrected chi connectivity index (χ4v) is 3.95. The molecule has 0 saturated heterocycles. The zero-order valence-corrected chi connectivity index (χ0v) is 14.6. The van der Waals surface area contributed by atoms with E-state index in [2.05, 4.69) is 47.1 Å². The third-order valence-corrected chi connectivity index (χ3v) is 5.55. The summed E-state index contributed by atoms with van der Waals surface area (Å²) in [5.41, 5.74) is 7.23. The number of nitrogens with zero attached hydrogens (tertiary/aromatic N) is 1. The summed E-state index contributed by atoms with van der Waals surface area (Å²) in [5, 5.41) is 1.42. The Morgan fingerprint density at radius 3 is 2.96 bits per heavy atom. The van der Waals surface area contributed by atoms with Gasteiger partial charge in [0.15, 0.2) is 0 Å². The molecule has 0 radical (unpaired) electrons. The van der Waals surface area contributed by atoms with Crippen molar-refractivity contribution in [3.8, 4) is 12.3 Å². The quantitative estimate of drug-likeness (QED) is 0.631. The Balaban J connectivity index is 1.62. The average molecular weight is 318 g/mol. The van der Waals surface area contributed by atoms with Crippen LogP contribution in [-0.4, -0.2) is 23.0 Å². The number of terminal acetylenes is 1. The fraction of sp³-hybridized carbons (Fsp3) is 0.455. The number of hydrogen-bond donors (Lipinski definition) is 1. The van der Waals surface area contributed by atoms with E-state index in [0.717, 1.165) is 38.4 Å². The molecule has 2 aliphatic rings. The van der Waals surface area contributed by atoms with Gasteiger partial charge < -0.3 is 4.98 Å². The molecule has 0 bridgehead atoms. The maximum Gasteiger partial charge on any atom is 0.0487 e. The molecule has 0 spiro atoms. The molecule has 2 heterocycles. The topological polar surface area (TPSA) is 19.0 Å². The predicted molar refractivity (Wildman–Crippen MR) is 101 cm³/mol. The molecule has 1 aliphatic heterocycles. The van der Waals surface area contributed by atoms with Crippen LogP contribution in [0, 0.1) is 25.2 Å². The van der Waals surface area contributed by atoms with Crippen LogP contribution in [0.3, 0.4) is 0 Å². The lowest BCUT2D eigenvalue weighted by atomic mass is 9.94. The fourth-order valence-electron chi connectivity index (χ4n) is 3.95. The minimum atomic E-state index is 0.813. The Bertz CT molecular complexity index is 814. The Morgan fingerprint density at radius 2 is 2.25 bits per heavy atom. The number of rotatable bonds is 5. The van der Waals surface area contributed by atoms with Gasteiger partial charge in [-0.3, -0.25) is 4.90 Å². The van der Waals surface area contributed by atoms with Gasteiger partial charge in [-0.05, 0) is 61.3 Å². The molecule has 2 aromatic rings.